The number of nitrogens with zero attached hydrogens (tertiary/aromatic N) is 3. The Bertz CT molecular complexity index is 1300. The lowest BCUT2D eigenvalue weighted by molar-refractivity contribution is -0.145. The molecule has 0 radical (unpaired) electrons. The average Bonchev–Trinajstić information content (AvgIpc) is 2.83. The fourth-order valence-electron chi connectivity index (χ4n) is 2.86. The van der Waals surface area contributed by atoms with Crippen molar-refractivity contribution < 1.29 is 35.8 Å². The lowest BCUT2D eigenvalue weighted by Crippen LogP contribution is -2.21. The molecule has 0 saturated carbocycles. The summed E-state index contributed by atoms with van der Waals surface area (Å²) in [6.07, 6.45) is -3.66. The Hall–Kier alpha value is -3.65. The number of halogens is 3. The van der Waals surface area contributed by atoms with Crippen LogP contribution in [0.5, 0.6) is 23.1 Å². The lowest BCUT2D eigenvalue weighted by atomic mass is 10.1. The first-order valence-corrected chi connectivity index (χ1v) is 12.1. The molecule has 0 aliphatic heterocycles. The number of benzene rings is 1. The van der Waals surface area contributed by atoms with Crippen molar-refractivity contribution in [1.29, 1.82) is 0 Å². The van der Waals surface area contributed by atoms with Crippen molar-refractivity contribution in [2.24, 2.45) is 5.73 Å². The Morgan fingerprint density at radius 3 is 2.33 bits per heavy atom. The predicted molar refractivity (Wildman–Crippen MR) is 124 cm³/mol. The molecule has 0 unspecified atom stereocenters. The smallest absolute Gasteiger partial charge is 0.451 e. The van der Waals surface area contributed by atoms with E-state index in [2.05, 4.69) is 15.0 Å². The first-order valence-electron chi connectivity index (χ1n) is 10.6. The largest absolute Gasteiger partial charge is 0.493 e. The lowest BCUT2D eigenvalue weighted by Gasteiger charge is -2.18. The number of ether oxygens (including phenoxy) is 3. The van der Waals surface area contributed by atoms with E-state index in [9.17, 15) is 21.6 Å². The molecule has 0 spiro atoms. The number of nitrogens with one attached hydrogen (secondary N) is 1. The number of sulfonamides is 1. The standard InChI is InChI=1S/C22H24F3N5O5S/c1-13(2)14-8-9-17(27-12-14)36(31,32)30-19-18(35-16-7-5-4-6-15(16)33-3)20(34-11-10-26)29-21(28-19)22(23,24)25/h4-9,12-13H,10-11,26H2,1-3H3,(H,28,29,30). The van der Waals surface area contributed by atoms with Crippen LogP contribution >= 0.6 is 0 Å². The summed E-state index contributed by atoms with van der Waals surface area (Å²) in [4.78, 5) is 10.7. The van der Waals surface area contributed by atoms with Crippen molar-refractivity contribution in [2.45, 2.75) is 31.0 Å². The number of pyridine rings is 1. The van der Waals surface area contributed by atoms with Crippen molar-refractivity contribution in [3.63, 3.8) is 0 Å². The minimum Gasteiger partial charge on any atom is -0.493 e. The number of nitrogens with two attached hydrogens (primary N) is 1. The zero-order chi connectivity index (χ0) is 26.5. The van der Waals surface area contributed by atoms with Crippen LogP contribution < -0.4 is 24.7 Å². The van der Waals surface area contributed by atoms with Crippen LogP contribution in [0.1, 0.15) is 31.2 Å². The predicted octanol–water partition coefficient (Wildman–Crippen LogP) is 3.95. The highest BCUT2D eigenvalue weighted by Crippen LogP contribution is 2.42. The van der Waals surface area contributed by atoms with Crippen LogP contribution in [-0.4, -0.2) is 43.6 Å². The van der Waals surface area contributed by atoms with Gasteiger partial charge in [0.05, 0.1) is 7.11 Å². The highest BCUT2D eigenvalue weighted by Gasteiger charge is 2.38. The van der Waals surface area contributed by atoms with Crippen LogP contribution in [-0.2, 0) is 16.2 Å². The number of hydrogen-bond acceptors (Lipinski definition) is 9. The molecule has 0 amide bonds. The maximum Gasteiger partial charge on any atom is 0.451 e. The Kier molecular flexibility index (Phi) is 8.20. The molecule has 3 N–H and O–H groups in total. The summed E-state index contributed by atoms with van der Waals surface area (Å²) in [5.41, 5.74) is 6.20. The average molecular weight is 528 g/mol. The summed E-state index contributed by atoms with van der Waals surface area (Å²) in [6.45, 7) is 3.49. The maximum atomic E-state index is 13.6. The summed E-state index contributed by atoms with van der Waals surface area (Å²) in [5, 5.41) is -0.438. The molecule has 14 heteroatoms. The van der Waals surface area contributed by atoms with Gasteiger partial charge in [0.15, 0.2) is 22.3 Å². The first kappa shape index (κ1) is 26.9. The van der Waals surface area contributed by atoms with Crippen LogP contribution in [0.15, 0.2) is 47.6 Å². The highest BCUT2D eigenvalue weighted by molar-refractivity contribution is 7.92. The molecule has 0 atom stereocenters. The van der Waals surface area contributed by atoms with Crippen molar-refractivity contribution >= 4 is 15.8 Å². The first-order chi connectivity index (χ1) is 17.0. The number of alkyl halides is 3. The third-order valence-corrected chi connectivity index (χ3v) is 5.91. The fraction of sp³-hybridized carbons (Fsp3) is 0.318. The van der Waals surface area contributed by atoms with E-state index >= 15 is 0 Å². The monoisotopic (exact) mass is 527 g/mol. The molecule has 36 heavy (non-hydrogen) atoms. The van der Waals surface area contributed by atoms with E-state index in [-0.39, 0.29) is 30.6 Å². The molecule has 0 aliphatic rings. The van der Waals surface area contributed by atoms with E-state index in [1.54, 1.807) is 18.2 Å². The van der Waals surface area contributed by atoms with Gasteiger partial charge in [0.2, 0.25) is 11.6 Å². The number of methoxy groups -OCH3 is 1. The van der Waals surface area contributed by atoms with E-state index in [4.69, 9.17) is 19.9 Å². The van der Waals surface area contributed by atoms with Crippen LogP contribution in [0.4, 0.5) is 19.0 Å². The number of para-hydroxylation sites is 2. The van der Waals surface area contributed by atoms with Crippen LogP contribution in [0.2, 0.25) is 0 Å². The molecular weight excluding hydrogens is 503 g/mol. The summed E-state index contributed by atoms with van der Waals surface area (Å²) < 4.78 is 85.0. The maximum absolute atomic E-state index is 13.6. The number of anilines is 1. The quantitative estimate of drug-likeness (QED) is 0.401. The molecule has 3 rings (SSSR count). The minimum atomic E-state index is -5.03. The van der Waals surface area contributed by atoms with Gasteiger partial charge >= 0.3 is 6.18 Å². The fourth-order valence-corrected chi connectivity index (χ4v) is 3.79. The second kappa shape index (κ2) is 11.0. The number of rotatable bonds is 10. The zero-order valence-electron chi connectivity index (χ0n) is 19.5. The van der Waals surface area contributed by atoms with Gasteiger partial charge in [-0.25, -0.2) is 9.97 Å². The van der Waals surface area contributed by atoms with Gasteiger partial charge in [0.25, 0.3) is 15.9 Å². The van der Waals surface area contributed by atoms with Crippen LogP contribution in [0.25, 0.3) is 0 Å². The van der Waals surface area contributed by atoms with Gasteiger partial charge in [-0.1, -0.05) is 32.0 Å². The van der Waals surface area contributed by atoms with E-state index in [1.165, 1.54) is 31.5 Å². The number of hydrogen-bond donors (Lipinski definition) is 2. The summed E-state index contributed by atoms with van der Waals surface area (Å²) in [6, 6.07) is 8.98. The van der Waals surface area contributed by atoms with Gasteiger partial charge in [0.1, 0.15) is 6.61 Å². The molecule has 194 valence electrons. The molecular formula is C22H24F3N5O5S. The van der Waals surface area contributed by atoms with E-state index in [0.29, 0.717) is 0 Å². The van der Waals surface area contributed by atoms with Crippen LogP contribution in [0, 0.1) is 0 Å². The van der Waals surface area contributed by atoms with Crippen LogP contribution in [0.3, 0.4) is 0 Å². The van der Waals surface area contributed by atoms with Gasteiger partial charge in [-0.3, -0.25) is 4.72 Å². The van der Waals surface area contributed by atoms with Crippen molar-refractivity contribution in [2.75, 3.05) is 25.0 Å². The third-order valence-electron chi connectivity index (χ3n) is 4.66. The molecule has 10 nitrogen and oxygen atoms in total. The Morgan fingerprint density at radius 2 is 1.78 bits per heavy atom. The third kappa shape index (κ3) is 6.31. The highest BCUT2D eigenvalue weighted by atomic mass is 32.2. The molecule has 0 bridgehead atoms. The molecule has 1 aromatic carbocycles. The SMILES string of the molecule is COc1ccccc1Oc1c(NS(=O)(=O)c2ccc(C(C)C)cn2)nc(C(F)(F)F)nc1OCCN. The summed E-state index contributed by atoms with van der Waals surface area (Å²) in [5.74, 6) is -3.32. The van der Waals surface area contributed by atoms with Crippen molar-refractivity contribution in [3.05, 3.63) is 54.0 Å². The second-order valence-corrected chi connectivity index (χ2v) is 9.24. The summed E-state index contributed by atoms with van der Waals surface area (Å²) >= 11 is 0. The molecule has 0 fully saturated rings. The van der Waals surface area contributed by atoms with Gasteiger partial charge in [-0.15, -0.1) is 0 Å². The second-order valence-electron chi connectivity index (χ2n) is 7.61. The van der Waals surface area contributed by atoms with Crippen molar-refractivity contribution in [3.8, 4) is 23.1 Å². The van der Waals surface area contributed by atoms with Gasteiger partial charge in [-0.2, -0.15) is 26.6 Å². The normalized spacial score (nSPS) is 11.9. The minimum absolute atomic E-state index is 0.0424. The molecule has 2 heterocycles. The molecule has 0 saturated heterocycles. The van der Waals surface area contributed by atoms with E-state index in [1.807, 2.05) is 18.6 Å². The molecule has 2 aromatic heterocycles. The van der Waals surface area contributed by atoms with Gasteiger partial charge in [0, 0.05) is 12.7 Å². The van der Waals surface area contributed by atoms with Gasteiger partial charge in [-0.05, 0) is 29.7 Å². The molecule has 0 aliphatic carbocycles. The molecule has 3 aromatic rings. The summed E-state index contributed by atoms with van der Waals surface area (Å²) in [7, 11) is -3.14. The Balaban J connectivity index is 2.16. The van der Waals surface area contributed by atoms with Crippen molar-refractivity contribution in [1.82, 2.24) is 15.0 Å². The van der Waals surface area contributed by atoms with E-state index in [0.717, 1.165) is 5.56 Å². The number of aromatic nitrogens is 3. The Morgan fingerprint density at radius 1 is 1.08 bits per heavy atom. The van der Waals surface area contributed by atoms with E-state index < -0.39 is 44.5 Å². The Labute approximate surface area is 205 Å². The van der Waals surface area contributed by atoms with Gasteiger partial charge < -0.3 is 19.9 Å². The topological polar surface area (TPSA) is 139 Å². The zero-order valence-corrected chi connectivity index (χ0v) is 20.4.